The van der Waals surface area contributed by atoms with Gasteiger partial charge in [0, 0.05) is 17.8 Å². The lowest BCUT2D eigenvalue weighted by Gasteiger charge is -2.22. The zero-order valence-electron chi connectivity index (χ0n) is 8.83. The maximum Gasteiger partial charge on any atom is 0.180 e. The molecule has 0 unspecified atom stereocenters. The lowest BCUT2D eigenvalue weighted by molar-refractivity contribution is 0.505. The van der Waals surface area contributed by atoms with Crippen LogP contribution in [0.5, 0.6) is 0 Å². The second-order valence-electron chi connectivity index (χ2n) is 4.26. The van der Waals surface area contributed by atoms with Crippen LogP contribution in [-0.4, -0.2) is 15.2 Å². The van der Waals surface area contributed by atoms with Gasteiger partial charge in [0.2, 0.25) is 0 Å². The molecule has 0 spiro atoms. The number of rotatable bonds is 2. The summed E-state index contributed by atoms with van der Waals surface area (Å²) in [7, 11) is 0. The van der Waals surface area contributed by atoms with E-state index in [2.05, 4.69) is 42.0 Å². The van der Waals surface area contributed by atoms with E-state index in [1.54, 1.807) is 0 Å². The van der Waals surface area contributed by atoms with Gasteiger partial charge in [-0.3, -0.25) is 5.10 Å². The first kappa shape index (κ1) is 9.19. The fourth-order valence-corrected chi connectivity index (χ4v) is 1.41. The Hall–Kier alpha value is -1.38. The van der Waals surface area contributed by atoms with Crippen LogP contribution < -0.4 is 0 Å². The molecule has 74 valence electrons. The van der Waals surface area contributed by atoms with Crippen LogP contribution >= 0.6 is 0 Å². The van der Waals surface area contributed by atoms with E-state index in [4.69, 9.17) is 0 Å². The summed E-state index contributed by atoms with van der Waals surface area (Å²) in [5, 5.41) is 7.94. The van der Waals surface area contributed by atoms with Gasteiger partial charge in [-0.25, -0.2) is 4.98 Å². The third-order valence-corrected chi connectivity index (χ3v) is 2.95. The van der Waals surface area contributed by atoms with Gasteiger partial charge in [0.1, 0.15) is 0 Å². The molecule has 14 heavy (non-hydrogen) atoms. The van der Waals surface area contributed by atoms with E-state index in [0.717, 1.165) is 17.5 Å². The standard InChI is InChI=1S/C11H15N3/c1-4-11(2,3)9-5-8-6-13-14-10(8)12-7-9/h5-7H,4H2,1-3H3,(H,12,13,14). The Balaban J connectivity index is 2.53. The summed E-state index contributed by atoms with van der Waals surface area (Å²) in [4.78, 5) is 4.31. The third kappa shape index (κ3) is 1.39. The number of aromatic amines is 1. The van der Waals surface area contributed by atoms with E-state index in [9.17, 15) is 0 Å². The molecule has 3 nitrogen and oxygen atoms in total. The van der Waals surface area contributed by atoms with E-state index >= 15 is 0 Å². The highest BCUT2D eigenvalue weighted by Crippen LogP contribution is 2.27. The summed E-state index contributed by atoms with van der Waals surface area (Å²) in [6.07, 6.45) is 4.92. The second kappa shape index (κ2) is 3.08. The van der Waals surface area contributed by atoms with Gasteiger partial charge in [-0.15, -0.1) is 0 Å². The average Bonchev–Trinajstić information content (AvgIpc) is 2.64. The zero-order chi connectivity index (χ0) is 10.2. The quantitative estimate of drug-likeness (QED) is 0.789. The Morgan fingerprint density at radius 2 is 2.21 bits per heavy atom. The average molecular weight is 189 g/mol. The number of fused-ring (bicyclic) bond motifs is 1. The maximum absolute atomic E-state index is 4.31. The van der Waals surface area contributed by atoms with E-state index in [-0.39, 0.29) is 5.41 Å². The first-order valence-electron chi connectivity index (χ1n) is 4.93. The molecule has 0 saturated heterocycles. The Bertz CT molecular complexity index is 442. The summed E-state index contributed by atoms with van der Waals surface area (Å²) >= 11 is 0. The highest BCUT2D eigenvalue weighted by atomic mass is 15.1. The van der Waals surface area contributed by atoms with E-state index in [0.29, 0.717) is 0 Å². The first-order valence-corrected chi connectivity index (χ1v) is 4.93. The normalized spacial score (nSPS) is 12.2. The van der Waals surface area contributed by atoms with Gasteiger partial charge < -0.3 is 0 Å². The topological polar surface area (TPSA) is 41.6 Å². The largest absolute Gasteiger partial charge is 0.283 e. The van der Waals surface area contributed by atoms with Gasteiger partial charge in [-0.1, -0.05) is 20.8 Å². The van der Waals surface area contributed by atoms with Gasteiger partial charge in [0.05, 0.1) is 0 Å². The van der Waals surface area contributed by atoms with Gasteiger partial charge >= 0.3 is 0 Å². The van der Waals surface area contributed by atoms with Crippen molar-refractivity contribution in [3.63, 3.8) is 0 Å². The number of aromatic nitrogens is 3. The Kier molecular flexibility index (Phi) is 2.02. The van der Waals surface area contributed by atoms with Gasteiger partial charge in [0.25, 0.3) is 0 Å². The molecule has 0 aromatic carbocycles. The molecule has 0 fully saturated rings. The minimum absolute atomic E-state index is 0.193. The minimum atomic E-state index is 0.193. The van der Waals surface area contributed by atoms with Crippen LogP contribution in [0.15, 0.2) is 18.5 Å². The number of hydrogen-bond acceptors (Lipinski definition) is 2. The number of hydrogen-bond donors (Lipinski definition) is 1. The fraction of sp³-hybridized carbons (Fsp3) is 0.455. The molecule has 2 aromatic heterocycles. The van der Waals surface area contributed by atoms with E-state index < -0.39 is 0 Å². The molecular formula is C11H15N3. The number of H-pyrrole nitrogens is 1. The Labute approximate surface area is 83.6 Å². The van der Waals surface area contributed by atoms with Crippen molar-refractivity contribution in [2.24, 2.45) is 0 Å². The molecule has 1 N–H and O–H groups in total. The molecule has 0 radical (unpaired) electrons. The number of nitrogens with zero attached hydrogens (tertiary/aromatic N) is 2. The van der Waals surface area contributed by atoms with Gasteiger partial charge in [0.15, 0.2) is 5.65 Å². The molecule has 0 aliphatic heterocycles. The van der Waals surface area contributed by atoms with Crippen LogP contribution in [0.3, 0.4) is 0 Å². The van der Waals surface area contributed by atoms with Crippen molar-refractivity contribution in [3.05, 3.63) is 24.0 Å². The minimum Gasteiger partial charge on any atom is -0.283 e. The van der Waals surface area contributed by atoms with Crippen molar-refractivity contribution in [1.82, 2.24) is 15.2 Å². The highest BCUT2D eigenvalue weighted by molar-refractivity contribution is 5.74. The first-order chi connectivity index (χ1) is 6.63. The third-order valence-electron chi connectivity index (χ3n) is 2.95. The lowest BCUT2D eigenvalue weighted by atomic mass is 9.83. The number of pyridine rings is 1. The van der Waals surface area contributed by atoms with Crippen LogP contribution in [0.25, 0.3) is 11.0 Å². The Morgan fingerprint density at radius 3 is 2.93 bits per heavy atom. The molecule has 3 heteroatoms. The second-order valence-corrected chi connectivity index (χ2v) is 4.26. The molecule has 0 atom stereocenters. The summed E-state index contributed by atoms with van der Waals surface area (Å²) in [6.45, 7) is 6.66. The SMILES string of the molecule is CCC(C)(C)c1cnc2n[nH]cc2c1. The van der Waals surface area contributed by atoms with Crippen molar-refractivity contribution >= 4 is 11.0 Å². The molecule has 0 amide bonds. The maximum atomic E-state index is 4.31. The predicted molar refractivity (Wildman–Crippen MR) is 57.2 cm³/mol. The molecule has 0 aliphatic rings. The molecule has 2 rings (SSSR count). The number of nitrogens with one attached hydrogen (secondary N) is 1. The van der Waals surface area contributed by atoms with Crippen molar-refractivity contribution in [2.75, 3.05) is 0 Å². The van der Waals surface area contributed by atoms with Crippen molar-refractivity contribution in [1.29, 1.82) is 0 Å². The summed E-state index contributed by atoms with van der Waals surface area (Å²) < 4.78 is 0. The van der Waals surface area contributed by atoms with Gasteiger partial charge in [-0.2, -0.15) is 5.10 Å². The smallest absolute Gasteiger partial charge is 0.180 e. The van der Waals surface area contributed by atoms with Crippen molar-refractivity contribution in [2.45, 2.75) is 32.6 Å². The highest BCUT2D eigenvalue weighted by Gasteiger charge is 2.18. The monoisotopic (exact) mass is 189 g/mol. The van der Waals surface area contributed by atoms with Crippen LogP contribution in [0.2, 0.25) is 0 Å². The molecular weight excluding hydrogens is 174 g/mol. The van der Waals surface area contributed by atoms with Crippen LogP contribution in [-0.2, 0) is 5.41 Å². The molecule has 2 aromatic rings. The summed E-state index contributed by atoms with van der Waals surface area (Å²) in [5.41, 5.74) is 2.26. The molecule has 0 saturated carbocycles. The van der Waals surface area contributed by atoms with Crippen LogP contribution in [0.4, 0.5) is 0 Å². The zero-order valence-corrected chi connectivity index (χ0v) is 8.83. The molecule has 2 heterocycles. The Morgan fingerprint density at radius 1 is 1.43 bits per heavy atom. The molecule has 0 aliphatic carbocycles. The van der Waals surface area contributed by atoms with Crippen molar-refractivity contribution in [3.8, 4) is 0 Å². The van der Waals surface area contributed by atoms with E-state index in [1.807, 2.05) is 12.4 Å². The predicted octanol–water partition coefficient (Wildman–Crippen LogP) is 2.65. The summed E-state index contributed by atoms with van der Waals surface area (Å²) in [5.74, 6) is 0. The lowest BCUT2D eigenvalue weighted by Crippen LogP contribution is -2.15. The van der Waals surface area contributed by atoms with Crippen LogP contribution in [0, 0.1) is 0 Å². The van der Waals surface area contributed by atoms with E-state index in [1.165, 1.54) is 5.56 Å². The fourth-order valence-electron chi connectivity index (χ4n) is 1.41. The van der Waals surface area contributed by atoms with Crippen molar-refractivity contribution < 1.29 is 0 Å². The van der Waals surface area contributed by atoms with Gasteiger partial charge in [-0.05, 0) is 23.5 Å². The molecule has 0 bridgehead atoms. The van der Waals surface area contributed by atoms with Crippen LogP contribution in [0.1, 0.15) is 32.8 Å². The summed E-state index contributed by atoms with van der Waals surface area (Å²) in [6, 6.07) is 2.16.